The summed E-state index contributed by atoms with van der Waals surface area (Å²) in [5, 5.41) is 1.42. The van der Waals surface area contributed by atoms with E-state index in [1.54, 1.807) is 12.1 Å². The Labute approximate surface area is 120 Å². The maximum atomic E-state index is 11.7. The van der Waals surface area contributed by atoms with Crippen LogP contribution in [0.25, 0.3) is 10.9 Å². The van der Waals surface area contributed by atoms with Gasteiger partial charge in [0, 0.05) is 23.1 Å². The zero-order valence-corrected chi connectivity index (χ0v) is 11.6. The predicted octanol–water partition coefficient (Wildman–Crippen LogP) is 3.34. The number of hydrogen-bond acceptors (Lipinski definition) is 3. The van der Waals surface area contributed by atoms with Gasteiger partial charge in [-0.05, 0) is 30.3 Å². The summed E-state index contributed by atoms with van der Waals surface area (Å²) in [6.45, 7) is 0. The van der Waals surface area contributed by atoms with Crippen molar-refractivity contribution in [3.8, 4) is 0 Å². The molecule has 1 aromatic heterocycles. The third kappa shape index (κ3) is 2.26. The largest absolute Gasteiger partial charge is 0.347 e. The third-order valence-electron chi connectivity index (χ3n) is 3.13. The molecule has 20 heavy (non-hydrogen) atoms. The maximum absolute atomic E-state index is 11.7. The van der Waals surface area contributed by atoms with Gasteiger partial charge in [0.2, 0.25) is 0 Å². The summed E-state index contributed by atoms with van der Waals surface area (Å²) >= 11 is 5.96. The predicted molar refractivity (Wildman–Crippen MR) is 81.9 cm³/mol. The second kappa shape index (κ2) is 4.98. The van der Waals surface area contributed by atoms with Crippen molar-refractivity contribution in [1.29, 1.82) is 0 Å². The number of aromatic amines is 1. The monoisotopic (exact) mass is 285 g/mol. The summed E-state index contributed by atoms with van der Waals surface area (Å²) in [7, 11) is 1.88. The van der Waals surface area contributed by atoms with Crippen LogP contribution in [0.1, 0.15) is 0 Å². The van der Waals surface area contributed by atoms with Crippen molar-refractivity contribution < 1.29 is 0 Å². The number of nitrogens with zero attached hydrogens (tertiary/aromatic N) is 2. The number of anilines is 2. The lowest BCUT2D eigenvalue weighted by molar-refractivity contribution is 1.06. The van der Waals surface area contributed by atoms with Gasteiger partial charge < -0.3 is 9.88 Å². The van der Waals surface area contributed by atoms with E-state index in [4.69, 9.17) is 11.6 Å². The van der Waals surface area contributed by atoms with Gasteiger partial charge in [-0.2, -0.15) is 4.98 Å². The van der Waals surface area contributed by atoms with E-state index in [-0.39, 0.29) is 0 Å². The highest BCUT2D eigenvalue weighted by molar-refractivity contribution is 6.31. The van der Waals surface area contributed by atoms with Crippen LogP contribution in [0, 0.1) is 0 Å². The molecule has 0 atom stereocenters. The van der Waals surface area contributed by atoms with Crippen molar-refractivity contribution in [2.75, 3.05) is 11.9 Å². The molecule has 1 N–H and O–H groups in total. The fraction of sp³-hybridized carbons (Fsp3) is 0.0667. The Balaban J connectivity index is 2.23. The zero-order chi connectivity index (χ0) is 14.1. The molecule has 0 saturated heterocycles. The van der Waals surface area contributed by atoms with Crippen LogP contribution in [-0.2, 0) is 0 Å². The minimum atomic E-state index is -0.391. The fourth-order valence-corrected chi connectivity index (χ4v) is 2.32. The van der Waals surface area contributed by atoms with Gasteiger partial charge in [-0.25, -0.2) is 4.79 Å². The van der Waals surface area contributed by atoms with Crippen LogP contribution >= 0.6 is 11.6 Å². The molecule has 0 bridgehead atoms. The third-order valence-corrected chi connectivity index (χ3v) is 3.37. The van der Waals surface area contributed by atoms with Gasteiger partial charge >= 0.3 is 5.69 Å². The summed E-state index contributed by atoms with van der Waals surface area (Å²) in [5.74, 6) is 0.603. The number of aromatic nitrogens is 2. The Hall–Kier alpha value is -2.33. The molecule has 5 heteroatoms. The second-order valence-electron chi connectivity index (χ2n) is 4.45. The summed E-state index contributed by atoms with van der Waals surface area (Å²) in [6.07, 6.45) is 0. The van der Waals surface area contributed by atoms with E-state index in [2.05, 4.69) is 9.97 Å². The number of halogens is 1. The first kappa shape index (κ1) is 12.7. The molecule has 0 radical (unpaired) electrons. The first-order valence-corrected chi connectivity index (χ1v) is 6.51. The van der Waals surface area contributed by atoms with Crippen molar-refractivity contribution in [3.63, 3.8) is 0 Å². The van der Waals surface area contributed by atoms with E-state index in [0.717, 1.165) is 11.1 Å². The molecule has 0 fully saturated rings. The molecule has 0 unspecified atom stereocenters. The second-order valence-corrected chi connectivity index (χ2v) is 4.89. The van der Waals surface area contributed by atoms with Crippen molar-refractivity contribution >= 4 is 34.0 Å². The minimum absolute atomic E-state index is 0.391. The summed E-state index contributed by atoms with van der Waals surface area (Å²) < 4.78 is 0. The molecule has 3 aromatic rings. The van der Waals surface area contributed by atoms with Gasteiger partial charge in [0.25, 0.3) is 0 Å². The van der Waals surface area contributed by atoms with E-state index in [1.165, 1.54) is 0 Å². The number of H-pyrrole nitrogens is 1. The first-order valence-electron chi connectivity index (χ1n) is 6.13. The standard InChI is InChI=1S/C15H12ClN3O/c1-19(11-5-3-2-4-6-11)14-12-8-7-10(16)9-13(12)17-15(20)18-14/h2-9H,1H3,(H,17,18,20). The molecule has 0 aliphatic rings. The van der Waals surface area contributed by atoms with Gasteiger partial charge in [-0.1, -0.05) is 29.8 Å². The average molecular weight is 286 g/mol. The SMILES string of the molecule is CN(c1ccccc1)c1nc(=O)[nH]c2cc(Cl)ccc12. The van der Waals surface area contributed by atoms with Crippen molar-refractivity contribution in [1.82, 2.24) is 9.97 Å². The molecule has 0 amide bonds. The Morgan fingerprint density at radius 2 is 1.90 bits per heavy atom. The Morgan fingerprint density at radius 1 is 1.15 bits per heavy atom. The van der Waals surface area contributed by atoms with Crippen LogP contribution in [0.3, 0.4) is 0 Å². The molecule has 2 aromatic carbocycles. The van der Waals surface area contributed by atoms with E-state index in [9.17, 15) is 4.79 Å². The van der Waals surface area contributed by atoms with Gasteiger partial charge in [0.1, 0.15) is 5.82 Å². The molecule has 4 nitrogen and oxygen atoms in total. The van der Waals surface area contributed by atoms with Crippen molar-refractivity contribution in [2.24, 2.45) is 0 Å². The van der Waals surface area contributed by atoms with Crippen molar-refractivity contribution in [3.05, 3.63) is 64.0 Å². The molecular formula is C15H12ClN3O. The molecular weight excluding hydrogens is 274 g/mol. The number of fused-ring (bicyclic) bond motifs is 1. The fourth-order valence-electron chi connectivity index (χ4n) is 2.14. The lowest BCUT2D eigenvalue weighted by Gasteiger charge is -2.19. The number of para-hydroxylation sites is 1. The van der Waals surface area contributed by atoms with Crippen LogP contribution < -0.4 is 10.6 Å². The summed E-state index contributed by atoms with van der Waals surface area (Å²) in [5.41, 5.74) is 1.25. The normalized spacial score (nSPS) is 10.7. The molecule has 0 saturated carbocycles. The number of hydrogen-bond donors (Lipinski definition) is 1. The quantitative estimate of drug-likeness (QED) is 0.785. The van der Waals surface area contributed by atoms with Gasteiger partial charge in [-0.3, -0.25) is 0 Å². The van der Waals surface area contributed by atoms with Gasteiger partial charge in [0.05, 0.1) is 5.52 Å². The van der Waals surface area contributed by atoms with Crippen LogP contribution in [0.5, 0.6) is 0 Å². The molecule has 1 heterocycles. The Morgan fingerprint density at radius 3 is 2.65 bits per heavy atom. The molecule has 0 aliphatic heterocycles. The zero-order valence-electron chi connectivity index (χ0n) is 10.8. The highest BCUT2D eigenvalue weighted by Crippen LogP contribution is 2.28. The molecule has 100 valence electrons. The minimum Gasteiger partial charge on any atom is -0.329 e. The molecule has 3 rings (SSSR count). The summed E-state index contributed by atoms with van der Waals surface area (Å²) in [6, 6.07) is 15.1. The van der Waals surface area contributed by atoms with Crippen LogP contribution in [0.4, 0.5) is 11.5 Å². The highest BCUT2D eigenvalue weighted by atomic mass is 35.5. The van der Waals surface area contributed by atoms with Crippen LogP contribution in [0.15, 0.2) is 53.3 Å². The first-order chi connectivity index (χ1) is 9.65. The van der Waals surface area contributed by atoms with Crippen molar-refractivity contribution in [2.45, 2.75) is 0 Å². The lowest BCUT2D eigenvalue weighted by atomic mass is 10.2. The molecule has 0 spiro atoms. The highest BCUT2D eigenvalue weighted by Gasteiger charge is 2.11. The van der Waals surface area contributed by atoms with Crippen LogP contribution in [0.2, 0.25) is 5.02 Å². The van der Waals surface area contributed by atoms with E-state index >= 15 is 0 Å². The smallest absolute Gasteiger partial charge is 0.329 e. The summed E-state index contributed by atoms with van der Waals surface area (Å²) in [4.78, 5) is 20.4. The molecule has 0 aliphatic carbocycles. The Bertz CT molecular complexity index is 814. The van der Waals surface area contributed by atoms with Gasteiger partial charge in [0.15, 0.2) is 0 Å². The van der Waals surface area contributed by atoms with Gasteiger partial charge in [-0.15, -0.1) is 0 Å². The number of rotatable bonds is 2. The van der Waals surface area contributed by atoms with E-state index in [1.807, 2.05) is 48.3 Å². The number of benzene rings is 2. The number of nitrogens with one attached hydrogen (secondary N) is 1. The average Bonchev–Trinajstić information content (AvgIpc) is 2.46. The van der Waals surface area contributed by atoms with E-state index < -0.39 is 5.69 Å². The lowest BCUT2D eigenvalue weighted by Crippen LogP contribution is -2.19. The Kier molecular flexibility index (Phi) is 3.16. The topological polar surface area (TPSA) is 49.0 Å². The van der Waals surface area contributed by atoms with Crippen LogP contribution in [-0.4, -0.2) is 17.0 Å². The maximum Gasteiger partial charge on any atom is 0.347 e. The van der Waals surface area contributed by atoms with E-state index in [0.29, 0.717) is 16.4 Å².